The summed E-state index contributed by atoms with van der Waals surface area (Å²) in [4.78, 5) is 11.5. The standard InChI is InChI=1S/C14H22O3/c1-5-12-9-7-8-10(3)13(12)17-11(4)14(15)16-6-2/h8,11H,5-7,9H2,1-4H3. The molecule has 1 unspecified atom stereocenters. The Kier molecular flexibility index (Phi) is 5.26. The van der Waals surface area contributed by atoms with Crippen molar-refractivity contribution in [3.05, 3.63) is 23.0 Å². The minimum Gasteiger partial charge on any atom is -0.479 e. The topological polar surface area (TPSA) is 35.5 Å². The van der Waals surface area contributed by atoms with Crippen molar-refractivity contribution < 1.29 is 14.3 Å². The maximum absolute atomic E-state index is 11.5. The molecule has 96 valence electrons. The first-order chi connectivity index (χ1) is 8.10. The van der Waals surface area contributed by atoms with Gasteiger partial charge >= 0.3 is 5.97 Å². The molecular weight excluding hydrogens is 216 g/mol. The van der Waals surface area contributed by atoms with E-state index < -0.39 is 6.10 Å². The number of hydrogen-bond acceptors (Lipinski definition) is 3. The van der Waals surface area contributed by atoms with Gasteiger partial charge in [-0.25, -0.2) is 4.79 Å². The predicted molar refractivity (Wildman–Crippen MR) is 67.5 cm³/mol. The van der Waals surface area contributed by atoms with Crippen molar-refractivity contribution in [2.45, 2.75) is 53.1 Å². The average molecular weight is 238 g/mol. The Labute approximate surface area is 103 Å². The minimum absolute atomic E-state index is 0.297. The lowest BCUT2D eigenvalue weighted by molar-refractivity contribution is -0.153. The molecule has 0 saturated carbocycles. The first-order valence-electron chi connectivity index (χ1n) is 6.32. The first kappa shape index (κ1) is 13.8. The van der Waals surface area contributed by atoms with Gasteiger partial charge in [0.05, 0.1) is 6.61 Å². The van der Waals surface area contributed by atoms with E-state index in [0.717, 1.165) is 30.6 Å². The highest BCUT2D eigenvalue weighted by Crippen LogP contribution is 2.28. The van der Waals surface area contributed by atoms with E-state index in [0.29, 0.717) is 6.61 Å². The fourth-order valence-electron chi connectivity index (χ4n) is 1.95. The number of allylic oxidation sites excluding steroid dienone is 3. The second-order valence-corrected chi connectivity index (χ2v) is 4.22. The lowest BCUT2D eigenvalue weighted by Gasteiger charge is -2.22. The van der Waals surface area contributed by atoms with E-state index in [4.69, 9.17) is 9.47 Å². The molecule has 0 spiro atoms. The Balaban J connectivity index is 2.74. The van der Waals surface area contributed by atoms with Crippen LogP contribution in [0.4, 0.5) is 0 Å². The molecule has 0 N–H and O–H groups in total. The highest BCUT2D eigenvalue weighted by molar-refractivity contribution is 5.74. The molecular formula is C14H22O3. The van der Waals surface area contributed by atoms with E-state index in [1.807, 2.05) is 6.92 Å². The maximum Gasteiger partial charge on any atom is 0.347 e. The molecule has 1 atom stereocenters. The summed E-state index contributed by atoms with van der Waals surface area (Å²) < 4.78 is 10.7. The molecule has 0 bridgehead atoms. The van der Waals surface area contributed by atoms with Crippen molar-refractivity contribution in [2.24, 2.45) is 0 Å². The third-order valence-electron chi connectivity index (χ3n) is 2.92. The van der Waals surface area contributed by atoms with Crippen molar-refractivity contribution in [2.75, 3.05) is 6.61 Å². The molecule has 0 aromatic heterocycles. The highest BCUT2D eigenvalue weighted by Gasteiger charge is 2.21. The molecule has 0 amide bonds. The summed E-state index contributed by atoms with van der Waals surface area (Å²) in [5.74, 6) is 0.591. The lowest BCUT2D eigenvalue weighted by Crippen LogP contribution is -2.24. The van der Waals surface area contributed by atoms with E-state index in [2.05, 4.69) is 13.0 Å². The number of carbonyl (C=O) groups is 1. The van der Waals surface area contributed by atoms with Gasteiger partial charge in [0.1, 0.15) is 5.76 Å². The summed E-state index contributed by atoms with van der Waals surface area (Å²) in [6, 6.07) is 0. The third-order valence-corrected chi connectivity index (χ3v) is 2.92. The summed E-state index contributed by atoms with van der Waals surface area (Å²) in [6.07, 6.45) is 4.68. The van der Waals surface area contributed by atoms with Gasteiger partial charge in [-0.3, -0.25) is 0 Å². The van der Waals surface area contributed by atoms with Gasteiger partial charge in [0, 0.05) is 0 Å². The van der Waals surface area contributed by atoms with Gasteiger partial charge in [-0.15, -0.1) is 0 Å². The Morgan fingerprint density at radius 2 is 2.18 bits per heavy atom. The molecule has 3 nitrogen and oxygen atoms in total. The van der Waals surface area contributed by atoms with E-state index >= 15 is 0 Å². The molecule has 0 radical (unpaired) electrons. The summed E-state index contributed by atoms with van der Waals surface area (Å²) in [5, 5.41) is 0. The van der Waals surface area contributed by atoms with E-state index in [-0.39, 0.29) is 5.97 Å². The van der Waals surface area contributed by atoms with E-state index in [1.165, 1.54) is 5.57 Å². The zero-order valence-corrected chi connectivity index (χ0v) is 11.2. The number of hydrogen-bond donors (Lipinski definition) is 0. The minimum atomic E-state index is -0.534. The summed E-state index contributed by atoms with van der Waals surface area (Å²) in [5.41, 5.74) is 2.42. The fourth-order valence-corrected chi connectivity index (χ4v) is 1.95. The van der Waals surface area contributed by atoms with E-state index in [1.54, 1.807) is 13.8 Å². The van der Waals surface area contributed by atoms with Gasteiger partial charge in [-0.1, -0.05) is 13.0 Å². The maximum atomic E-state index is 11.5. The molecule has 1 rings (SSSR count). The predicted octanol–water partition coefficient (Wildman–Crippen LogP) is 3.36. The van der Waals surface area contributed by atoms with Crippen LogP contribution in [0.2, 0.25) is 0 Å². The van der Waals surface area contributed by atoms with Crippen molar-refractivity contribution in [3.63, 3.8) is 0 Å². The van der Waals surface area contributed by atoms with Crippen LogP contribution in [0.5, 0.6) is 0 Å². The normalized spacial score (nSPS) is 17.5. The number of carbonyl (C=O) groups excluding carboxylic acids is 1. The van der Waals surface area contributed by atoms with Gasteiger partial charge in [-0.05, 0) is 51.2 Å². The quantitative estimate of drug-likeness (QED) is 0.689. The van der Waals surface area contributed by atoms with Gasteiger partial charge in [0.25, 0.3) is 0 Å². The van der Waals surface area contributed by atoms with Crippen LogP contribution in [0.3, 0.4) is 0 Å². The Hall–Kier alpha value is -1.25. The molecule has 3 heteroatoms. The number of ether oxygens (including phenoxy) is 2. The monoisotopic (exact) mass is 238 g/mol. The molecule has 0 aromatic rings. The summed E-state index contributed by atoms with van der Waals surface area (Å²) in [6.45, 7) is 8.07. The average Bonchev–Trinajstić information content (AvgIpc) is 2.31. The van der Waals surface area contributed by atoms with Crippen LogP contribution in [-0.4, -0.2) is 18.7 Å². The zero-order valence-electron chi connectivity index (χ0n) is 11.2. The van der Waals surface area contributed by atoms with Crippen molar-refractivity contribution in [1.29, 1.82) is 0 Å². The molecule has 0 aliphatic heterocycles. The Bertz CT molecular complexity index is 339. The molecule has 1 aliphatic rings. The Morgan fingerprint density at radius 3 is 2.76 bits per heavy atom. The van der Waals surface area contributed by atoms with Crippen LogP contribution in [0, 0.1) is 0 Å². The first-order valence-corrected chi connectivity index (χ1v) is 6.32. The summed E-state index contributed by atoms with van der Waals surface area (Å²) >= 11 is 0. The van der Waals surface area contributed by atoms with Gasteiger partial charge in [0.2, 0.25) is 0 Å². The lowest BCUT2D eigenvalue weighted by atomic mass is 9.96. The van der Waals surface area contributed by atoms with Crippen LogP contribution in [-0.2, 0) is 14.3 Å². The number of rotatable bonds is 5. The van der Waals surface area contributed by atoms with Crippen LogP contribution in [0.25, 0.3) is 0 Å². The van der Waals surface area contributed by atoms with Gasteiger partial charge < -0.3 is 9.47 Å². The second kappa shape index (κ2) is 6.48. The molecule has 0 aromatic carbocycles. The van der Waals surface area contributed by atoms with Gasteiger partial charge in [0.15, 0.2) is 6.10 Å². The third kappa shape index (κ3) is 3.62. The van der Waals surface area contributed by atoms with E-state index in [9.17, 15) is 4.79 Å². The van der Waals surface area contributed by atoms with Crippen LogP contribution < -0.4 is 0 Å². The highest BCUT2D eigenvalue weighted by atomic mass is 16.6. The van der Waals surface area contributed by atoms with Crippen molar-refractivity contribution >= 4 is 5.97 Å². The smallest absolute Gasteiger partial charge is 0.347 e. The molecule has 0 fully saturated rings. The largest absolute Gasteiger partial charge is 0.479 e. The summed E-state index contributed by atoms with van der Waals surface area (Å²) in [7, 11) is 0. The second-order valence-electron chi connectivity index (χ2n) is 4.22. The van der Waals surface area contributed by atoms with Crippen LogP contribution >= 0.6 is 0 Å². The molecule has 0 heterocycles. The molecule has 17 heavy (non-hydrogen) atoms. The fraction of sp³-hybridized carbons (Fsp3) is 0.643. The van der Waals surface area contributed by atoms with Crippen LogP contribution in [0.1, 0.15) is 47.0 Å². The molecule has 1 aliphatic carbocycles. The van der Waals surface area contributed by atoms with Crippen molar-refractivity contribution in [3.8, 4) is 0 Å². The van der Waals surface area contributed by atoms with Gasteiger partial charge in [-0.2, -0.15) is 0 Å². The van der Waals surface area contributed by atoms with Crippen LogP contribution in [0.15, 0.2) is 23.0 Å². The molecule has 0 saturated heterocycles. The zero-order chi connectivity index (χ0) is 12.8. The SMILES string of the molecule is CCOC(=O)C(C)OC1=C(CC)CCC=C1C. The van der Waals surface area contributed by atoms with Crippen molar-refractivity contribution in [1.82, 2.24) is 0 Å². The Morgan fingerprint density at radius 1 is 1.47 bits per heavy atom. The number of esters is 1.